The number of guanidine groups is 1. The second-order valence-electron chi connectivity index (χ2n) is 6.77. The Morgan fingerprint density at radius 3 is 2.62 bits per heavy atom. The Bertz CT molecular complexity index is 639. The average Bonchev–Trinajstić information content (AvgIpc) is 2.66. The minimum Gasteiger partial charge on any atom is -0.434 e. The van der Waals surface area contributed by atoms with Crippen LogP contribution in [0, 0.1) is 6.92 Å². The predicted octanol–water partition coefficient (Wildman–Crippen LogP) is 4.57. The molecule has 1 aliphatic rings. The highest BCUT2D eigenvalue weighted by molar-refractivity contribution is 14.0. The Labute approximate surface area is 193 Å². The summed E-state index contributed by atoms with van der Waals surface area (Å²) in [6.45, 7) is 6.56. The number of rotatable bonds is 9. The van der Waals surface area contributed by atoms with E-state index in [4.69, 9.17) is 4.74 Å². The van der Waals surface area contributed by atoms with Crippen LogP contribution >= 0.6 is 35.7 Å². The quantitative estimate of drug-likeness (QED) is 0.272. The van der Waals surface area contributed by atoms with Gasteiger partial charge in [-0.15, -0.1) is 24.0 Å². The van der Waals surface area contributed by atoms with Crippen LogP contribution < -0.4 is 15.4 Å². The summed E-state index contributed by atoms with van der Waals surface area (Å²) in [7, 11) is 0. The van der Waals surface area contributed by atoms with Crippen molar-refractivity contribution in [1.82, 2.24) is 10.6 Å². The fourth-order valence-corrected chi connectivity index (χ4v) is 4.46. The maximum Gasteiger partial charge on any atom is 0.387 e. The lowest BCUT2D eigenvalue weighted by atomic mass is 9.99. The topological polar surface area (TPSA) is 54.9 Å². The summed E-state index contributed by atoms with van der Waals surface area (Å²) in [5, 5.41) is 6.67. The van der Waals surface area contributed by atoms with Gasteiger partial charge < -0.3 is 20.1 Å². The van der Waals surface area contributed by atoms with Gasteiger partial charge in [0.1, 0.15) is 5.75 Å². The van der Waals surface area contributed by atoms with Crippen LogP contribution in [-0.2, 0) is 11.3 Å². The second-order valence-corrected chi connectivity index (χ2v) is 8.50. The van der Waals surface area contributed by atoms with Gasteiger partial charge in [0, 0.05) is 36.6 Å². The van der Waals surface area contributed by atoms with Gasteiger partial charge in [-0.2, -0.15) is 20.5 Å². The molecule has 1 fully saturated rings. The fraction of sp³-hybridized carbons (Fsp3) is 0.650. The van der Waals surface area contributed by atoms with Crippen LogP contribution in [0.5, 0.6) is 5.75 Å². The van der Waals surface area contributed by atoms with Crippen molar-refractivity contribution in [2.45, 2.75) is 51.5 Å². The maximum absolute atomic E-state index is 12.7. The van der Waals surface area contributed by atoms with Crippen molar-refractivity contribution in [3.63, 3.8) is 0 Å². The zero-order chi connectivity index (χ0) is 20.4. The molecule has 2 rings (SSSR count). The predicted molar refractivity (Wildman–Crippen MR) is 127 cm³/mol. The third-order valence-electron chi connectivity index (χ3n) is 4.62. The fourth-order valence-electron chi connectivity index (χ4n) is 3.22. The van der Waals surface area contributed by atoms with Crippen LogP contribution in [0.4, 0.5) is 8.78 Å². The van der Waals surface area contributed by atoms with Gasteiger partial charge in [0.25, 0.3) is 0 Å². The van der Waals surface area contributed by atoms with E-state index in [1.54, 1.807) is 12.1 Å². The Hall–Kier alpha value is -0.810. The maximum atomic E-state index is 12.7. The summed E-state index contributed by atoms with van der Waals surface area (Å²) in [5.74, 6) is 1.89. The SMILES string of the molecule is CCNC(=NCc1cc(C)ccc1OC(F)F)NCC1(SCC)CCOCC1.I. The number of nitrogens with one attached hydrogen (secondary N) is 2. The third kappa shape index (κ3) is 8.84. The molecule has 1 aliphatic heterocycles. The molecule has 1 heterocycles. The molecule has 0 amide bonds. The number of hydrogen-bond donors (Lipinski definition) is 2. The number of benzene rings is 1. The standard InChI is InChI=1S/C20H31F2N3O2S.HI/c1-4-23-19(25-14-20(28-5-2)8-10-26-11-9-20)24-13-16-12-15(3)6-7-17(16)27-18(21)22;/h6-7,12,18H,4-5,8-11,13-14H2,1-3H3,(H2,23,24,25);1H. The van der Waals surface area contributed by atoms with E-state index in [1.165, 1.54) is 0 Å². The molecule has 1 saturated heterocycles. The number of ether oxygens (including phenoxy) is 2. The van der Waals surface area contributed by atoms with Gasteiger partial charge in [0.05, 0.1) is 6.54 Å². The van der Waals surface area contributed by atoms with Crippen molar-refractivity contribution in [1.29, 1.82) is 0 Å². The molecule has 0 bridgehead atoms. The molecule has 0 spiro atoms. The van der Waals surface area contributed by atoms with Gasteiger partial charge in [-0.3, -0.25) is 0 Å². The highest BCUT2D eigenvalue weighted by atomic mass is 127. The van der Waals surface area contributed by atoms with E-state index in [0.29, 0.717) is 11.5 Å². The normalized spacial score (nSPS) is 16.3. The molecule has 29 heavy (non-hydrogen) atoms. The van der Waals surface area contributed by atoms with Crippen molar-refractivity contribution in [2.75, 3.05) is 32.1 Å². The van der Waals surface area contributed by atoms with Crippen molar-refractivity contribution >= 4 is 41.7 Å². The Morgan fingerprint density at radius 2 is 2.00 bits per heavy atom. The van der Waals surface area contributed by atoms with E-state index in [1.807, 2.05) is 31.7 Å². The number of alkyl halides is 2. The van der Waals surface area contributed by atoms with Crippen LogP contribution in [0.15, 0.2) is 23.2 Å². The lowest BCUT2D eigenvalue weighted by Gasteiger charge is -2.37. The van der Waals surface area contributed by atoms with E-state index >= 15 is 0 Å². The van der Waals surface area contributed by atoms with Gasteiger partial charge in [0.2, 0.25) is 0 Å². The number of thioether (sulfide) groups is 1. The number of hydrogen-bond acceptors (Lipinski definition) is 4. The summed E-state index contributed by atoms with van der Waals surface area (Å²) < 4.78 is 35.6. The molecule has 0 unspecified atom stereocenters. The summed E-state index contributed by atoms with van der Waals surface area (Å²) in [5.41, 5.74) is 1.62. The van der Waals surface area contributed by atoms with Crippen LogP contribution in [0.3, 0.4) is 0 Å². The van der Waals surface area contributed by atoms with Gasteiger partial charge in [-0.25, -0.2) is 4.99 Å². The van der Waals surface area contributed by atoms with Crippen molar-refractivity contribution in [3.05, 3.63) is 29.3 Å². The molecule has 0 radical (unpaired) electrons. The second kappa shape index (κ2) is 13.5. The summed E-state index contributed by atoms with van der Waals surface area (Å²) >= 11 is 1.96. The van der Waals surface area contributed by atoms with Gasteiger partial charge in [-0.1, -0.05) is 24.6 Å². The number of halogens is 3. The molecule has 1 aromatic rings. The molecule has 0 atom stereocenters. The lowest BCUT2D eigenvalue weighted by molar-refractivity contribution is -0.0504. The van der Waals surface area contributed by atoms with E-state index in [-0.39, 0.29) is 41.0 Å². The van der Waals surface area contributed by atoms with Crippen LogP contribution in [-0.4, -0.2) is 49.4 Å². The molecule has 0 aromatic heterocycles. The van der Waals surface area contributed by atoms with Crippen LogP contribution in [0.25, 0.3) is 0 Å². The minimum absolute atomic E-state index is 0. The Morgan fingerprint density at radius 1 is 1.28 bits per heavy atom. The molecule has 2 N–H and O–H groups in total. The summed E-state index contributed by atoms with van der Waals surface area (Å²) in [4.78, 5) is 4.60. The first-order valence-corrected chi connectivity index (χ1v) is 10.7. The molecular formula is C20H32F2IN3O2S. The Kier molecular flexibility index (Phi) is 12.2. The average molecular weight is 543 g/mol. The third-order valence-corrected chi connectivity index (χ3v) is 6.07. The molecule has 166 valence electrons. The smallest absolute Gasteiger partial charge is 0.387 e. The number of aryl methyl sites for hydroxylation is 1. The summed E-state index contributed by atoms with van der Waals surface area (Å²) in [6, 6.07) is 5.16. The van der Waals surface area contributed by atoms with E-state index in [0.717, 1.165) is 50.5 Å². The van der Waals surface area contributed by atoms with E-state index < -0.39 is 6.61 Å². The Balaban J connectivity index is 0.00000420. The van der Waals surface area contributed by atoms with E-state index in [2.05, 4.69) is 27.3 Å². The van der Waals surface area contributed by atoms with Crippen LogP contribution in [0.2, 0.25) is 0 Å². The monoisotopic (exact) mass is 543 g/mol. The summed E-state index contributed by atoms with van der Waals surface area (Å²) in [6.07, 6.45) is 2.00. The first kappa shape index (κ1) is 26.2. The van der Waals surface area contributed by atoms with E-state index in [9.17, 15) is 8.78 Å². The van der Waals surface area contributed by atoms with Crippen molar-refractivity contribution < 1.29 is 18.3 Å². The van der Waals surface area contributed by atoms with Gasteiger partial charge >= 0.3 is 6.61 Å². The minimum atomic E-state index is -2.85. The highest BCUT2D eigenvalue weighted by Crippen LogP contribution is 2.34. The lowest BCUT2D eigenvalue weighted by Crippen LogP contribution is -2.48. The molecule has 9 heteroatoms. The first-order chi connectivity index (χ1) is 13.5. The van der Waals surface area contributed by atoms with Gasteiger partial charge in [0.15, 0.2) is 5.96 Å². The largest absolute Gasteiger partial charge is 0.434 e. The molecular weight excluding hydrogens is 511 g/mol. The first-order valence-electron chi connectivity index (χ1n) is 9.76. The zero-order valence-electron chi connectivity index (χ0n) is 17.3. The molecule has 1 aromatic carbocycles. The molecule has 0 aliphatic carbocycles. The molecule has 0 saturated carbocycles. The molecule has 5 nitrogen and oxygen atoms in total. The van der Waals surface area contributed by atoms with Gasteiger partial charge in [-0.05, 0) is 38.5 Å². The van der Waals surface area contributed by atoms with Crippen molar-refractivity contribution in [2.24, 2.45) is 4.99 Å². The highest BCUT2D eigenvalue weighted by Gasteiger charge is 2.32. The number of aliphatic imine (C=N–C) groups is 1. The van der Waals surface area contributed by atoms with Crippen molar-refractivity contribution in [3.8, 4) is 5.75 Å². The zero-order valence-corrected chi connectivity index (χ0v) is 20.4. The number of nitrogens with zero attached hydrogens (tertiary/aromatic N) is 1. The van der Waals surface area contributed by atoms with Crippen LogP contribution in [0.1, 0.15) is 37.8 Å².